The third-order valence-electron chi connectivity index (χ3n) is 4.44. The van der Waals surface area contributed by atoms with Gasteiger partial charge in [-0.3, -0.25) is 0 Å². The van der Waals surface area contributed by atoms with Crippen molar-refractivity contribution in [3.8, 4) is 11.3 Å². The Balaban J connectivity index is 2.05. The lowest BCUT2D eigenvalue weighted by Crippen LogP contribution is -1.95. The van der Waals surface area contributed by atoms with Gasteiger partial charge in [0.15, 0.2) is 0 Å². The van der Waals surface area contributed by atoms with Crippen LogP contribution in [0.3, 0.4) is 0 Å². The van der Waals surface area contributed by atoms with E-state index in [1.807, 2.05) is 12.1 Å². The highest BCUT2D eigenvalue weighted by atomic mass is 79.9. The van der Waals surface area contributed by atoms with Crippen LogP contribution in [0.2, 0.25) is 0 Å². The van der Waals surface area contributed by atoms with E-state index in [4.69, 9.17) is 5.10 Å². The summed E-state index contributed by atoms with van der Waals surface area (Å²) in [6.45, 7) is 0. The first-order valence-electron chi connectivity index (χ1n) is 7.86. The van der Waals surface area contributed by atoms with Gasteiger partial charge in [0.25, 0.3) is 0 Å². The molecule has 0 fully saturated rings. The van der Waals surface area contributed by atoms with Gasteiger partial charge < -0.3 is 0 Å². The number of nitrogens with zero attached hydrogens (tertiary/aromatic N) is 2. The van der Waals surface area contributed by atoms with Gasteiger partial charge in [0.1, 0.15) is 0 Å². The van der Waals surface area contributed by atoms with E-state index >= 15 is 0 Å². The largest absolute Gasteiger partial charge is 0.231 e. The normalized spacial score (nSPS) is 11.5. The first-order valence-corrected chi connectivity index (χ1v) is 8.66. The van der Waals surface area contributed by atoms with Crippen LogP contribution in [-0.2, 0) is 0 Å². The molecule has 0 aliphatic carbocycles. The van der Waals surface area contributed by atoms with Gasteiger partial charge in [-0.2, -0.15) is 5.10 Å². The number of hydrogen-bond acceptors (Lipinski definition) is 1. The molecule has 0 radical (unpaired) electrons. The molecule has 0 unspecified atom stereocenters. The lowest BCUT2D eigenvalue weighted by molar-refractivity contribution is 0.996. The number of fused-ring (bicyclic) bond motifs is 5. The number of rotatable bonds is 1. The van der Waals surface area contributed by atoms with Crippen molar-refractivity contribution < 1.29 is 0 Å². The van der Waals surface area contributed by atoms with Crippen molar-refractivity contribution in [3.63, 3.8) is 0 Å². The van der Waals surface area contributed by atoms with E-state index in [-0.39, 0.29) is 0 Å². The Bertz CT molecular complexity index is 1210. The lowest BCUT2D eigenvalue weighted by atomic mass is 10.0. The standard InChI is InChI=1S/C21H13BrN2/c22-16-10-11-17-15(12-16)13-20(14-6-2-1-3-7-14)24-21(17)18-8-4-5-9-19(18)23-24/h1-13H. The van der Waals surface area contributed by atoms with Crippen molar-refractivity contribution in [2.45, 2.75) is 0 Å². The van der Waals surface area contributed by atoms with Crippen LogP contribution in [0, 0.1) is 0 Å². The summed E-state index contributed by atoms with van der Waals surface area (Å²) in [7, 11) is 0. The highest BCUT2D eigenvalue weighted by Crippen LogP contribution is 2.33. The van der Waals surface area contributed by atoms with Crippen LogP contribution in [0.1, 0.15) is 0 Å². The molecule has 0 amide bonds. The van der Waals surface area contributed by atoms with Crippen molar-refractivity contribution in [1.82, 2.24) is 9.61 Å². The van der Waals surface area contributed by atoms with Crippen molar-refractivity contribution in [3.05, 3.63) is 83.3 Å². The van der Waals surface area contributed by atoms with Gasteiger partial charge >= 0.3 is 0 Å². The fraction of sp³-hybridized carbons (Fsp3) is 0. The molecule has 0 N–H and O–H groups in total. The zero-order valence-corrected chi connectivity index (χ0v) is 14.4. The van der Waals surface area contributed by atoms with E-state index in [2.05, 4.69) is 87.2 Å². The number of benzene rings is 3. The quantitative estimate of drug-likeness (QED) is 0.349. The van der Waals surface area contributed by atoms with Crippen LogP contribution in [0.5, 0.6) is 0 Å². The fourth-order valence-electron chi connectivity index (χ4n) is 3.36. The predicted octanol–water partition coefficient (Wildman–Crippen LogP) is 6.07. The zero-order chi connectivity index (χ0) is 16.1. The first-order chi connectivity index (χ1) is 11.8. The molecular formula is C21H13BrN2. The molecule has 0 atom stereocenters. The van der Waals surface area contributed by atoms with E-state index in [0.29, 0.717) is 0 Å². The van der Waals surface area contributed by atoms with Gasteiger partial charge in [0.2, 0.25) is 0 Å². The Hall–Kier alpha value is -2.65. The van der Waals surface area contributed by atoms with Crippen molar-refractivity contribution in [2.75, 3.05) is 0 Å². The number of hydrogen-bond donors (Lipinski definition) is 0. The van der Waals surface area contributed by atoms with E-state index < -0.39 is 0 Å². The summed E-state index contributed by atoms with van der Waals surface area (Å²) in [6.07, 6.45) is 0. The van der Waals surface area contributed by atoms with E-state index in [1.165, 1.54) is 16.2 Å². The second kappa shape index (κ2) is 5.18. The van der Waals surface area contributed by atoms with Crippen LogP contribution < -0.4 is 0 Å². The van der Waals surface area contributed by atoms with Crippen molar-refractivity contribution in [2.24, 2.45) is 0 Å². The molecule has 114 valence electrons. The van der Waals surface area contributed by atoms with Crippen molar-refractivity contribution >= 4 is 43.1 Å². The highest BCUT2D eigenvalue weighted by Gasteiger charge is 2.13. The molecular weight excluding hydrogens is 360 g/mol. The third-order valence-corrected chi connectivity index (χ3v) is 4.93. The van der Waals surface area contributed by atoms with Crippen LogP contribution in [-0.4, -0.2) is 9.61 Å². The summed E-state index contributed by atoms with van der Waals surface area (Å²) in [6, 6.07) is 27.4. The maximum atomic E-state index is 4.87. The molecule has 0 bridgehead atoms. The zero-order valence-electron chi connectivity index (χ0n) is 12.8. The Morgan fingerprint density at radius 3 is 2.42 bits per heavy atom. The first kappa shape index (κ1) is 13.8. The van der Waals surface area contributed by atoms with E-state index in [9.17, 15) is 0 Å². The Labute approximate surface area is 147 Å². The Morgan fingerprint density at radius 2 is 1.54 bits per heavy atom. The molecule has 2 heterocycles. The molecule has 24 heavy (non-hydrogen) atoms. The minimum Gasteiger partial charge on any atom is -0.231 e. The smallest absolute Gasteiger partial charge is 0.0934 e. The SMILES string of the molecule is Brc1ccc2c(c1)cc(-c1ccccc1)n1nc3ccccc3c21. The maximum absolute atomic E-state index is 4.87. The van der Waals surface area contributed by atoms with Gasteiger partial charge in [0.05, 0.1) is 16.7 Å². The maximum Gasteiger partial charge on any atom is 0.0934 e. The molecule has 0 spiro atoms. The fourth-order valence-corrected chi connectivity index (χ4v) is 3.74. The van der Waals surface area contributed by atoms with Crippen LogP contribution in [0.4, 0.5) is 0 Å². The summed E-state index contributed by atoms with van der Waals surface area (Å²) in [4.78, 5) is 0. The number of aromatic nitrogens is 2. The molecule has 0 aliphatic heterocycles. The van der Waals surface area contributed by atoms with Gasteiger partial charge in [-0.05, 0) is 29.7 Å². The van der Waals surface area contributed by atoms with Crippen molar-refractivity contribution in [1.29, 1.82) is 0 Å². The minimum atomic E-state index is 1.02. The molecule has 3 heteroatoms. The summed E-state index contributed by atoms with van der Waals surface area (Å²) in [5.41, 5.74) is 4.45. The van der Waals surface area contributed by atoms with Crippen LogP contribution >= 0.6 is 15.9 Å². The number of pyridine rings is 1. The van der Waals surface area contributed by atoms with E-state index in [0.717, 1.165) is 26.8 Å². The summed E-state index contributed by atoms with van der Waals surface area (Å²) in [5.74, 6) is 0. The molecule has 0 saturated carbocycles. The molecule has 2 aromatic heterocycles. The predicted molar refractivity (Wildman–Crippen MR) is 103 cm³/mol. The lowest BCUT2D eigenvalue weighted by Gasteiger charge is -2.09. The average molecular weight is 373 g/mol. The van der Waals surface area contributed by atoms with Crippen LogP contribution in [0.25, 0.3) is 38.4 Å². The highest BCUT2D eigenvalue weighted by molar-refractivity contribution is 9.10. The summed E-state index contributed by atoms with van der Waals surface area (Å²) in [5, 5.41) is 8.48. The minimum absolute atomic E-state index is 1.02. The van der Waals surface area contributed by atoms with Gasteiger partial charge in [-0.1, -0.05) is 70.5 Å². The average Bonchev–Trinajstić information content (AvgIpc) is 3.01. The Morgan fingerprint density at radius 1 is 0.750 bits per heavy atom. The summed E-state index contributed by atoms with van der Waals surface area (Å²) < 4.78 is 3.16. The second-order valence-electron chi connectivity index (χ2n) is 5.90. The molecule has 0 saturated heterocycles. The van der Waals surface area contributed by atoms with E-state index in [1.54, 1.807) is 0 Å². The van der Waals surface area contributed by atoms with Gasteiger partial charge in [-0.15, -0.1) is 0 Å². The molecule has 5 aromatic rings. The van der Waals surface area contributed by atoms with Gasteiger partial charge in [0, 0.05) is 20.8 Å². The number of halogens is 1. The summed E-state index contributed by atoms with van der Waals surface area (Å²) >= 11 is 3.60. The third kappa shape index (κ3) is 1.98. The molecule has 0 aliphatic rings. The monoisotopic (exact) mass is 372 g/mol. The van der Waals surface area contributed by atoms with Crippen LogP contribution in [0.15, 0.2) is 83.3 Å². The molecule has 5 rings (SSSR count). The van der Waals surface area contributed by atoms with Gasteiger partial charge in [-0.25, -0.2) is 4.52 Å². The Kier molecular flexibility index (Phi) is 2.97. The topological polar surface area (TPSA) is 17.3 Å². The molecule has 3 aromatic carbocycles. The molecule has 2 nitrogen and oxygen atoms in total. The second-order valence-corrected chi connectivity index (χ2v) is 6.82.